The normalized spacial score (nSPS) is 12.9. The molecule has 0 fully saturated rings. The summed E-state index contributed by atoms with van der Waals surface area (Å²) in [6, 6.07) is 10.2. The maximum Gasteiger partial charge on any atom is 0.410 e. The van der Waals surface area contributed by atoms with E-state index in [1.165, 1.54) is 0 Å². The van der Waals surface area contributed by atoms with Gasteiger partial charge in [-0.2, -0.15) is 0 Å². The highest BCUT2D eigenvalue weighted by Crippen LogP contribution is 2.16. The van der Waals surface area contributed by atoms with Gasteiger partial charge in [0.05, 0.1) is 0 Å². The number of amides is 1. The summed E-state index contributed by atoms with van der Waals surface area (Å²) in [6.45, 7) is 10.4. The molecule has 0 aliphatic rings. The fourth-order valence-electron chi connectivity index (χ4n) is 1.72. The molecule has 0 radical (unpaired) electrons. The van der Waals surface area contributed by atoms with Crippen LogP contribution in [0.4, 0.5) is 4.79 Å². The summed E-state index contributed by atoms with van der Waals surface area (Å²) in [6.07, 6.45) is 0.664. The number of rotatable bonds is 4. The lowest BCUT2D eigenvalue weighted by Gasteiger charge is -2.31. The van der Waals surface area contributed by atoms with Crippen molar-refractivity contribution in [1.29, 1.82) is 0 Å². The average molecular weight is 263 g/mol. The van der Waals surface area contributed by atoms with E-state index >= 15 is 0 Å². The van der Waals surface area contributed by atoms with E-state index in [4.69, 9.17) is 4.74 Å². The van der Waals surface area contributed by atoms with E-state index in [1.807, 2.05) is 58.0 Å². The number of ether oxygens (including phenoxy) is 1. The Kier molecular flexibility index (Phi) is 5.40. The van der Waals surface area contributed by atoms with Gasteiger partial charge in [0.15, 0.2) is 0 Å². The third kappa shape index (κ3) is 5.33. The molecule has 0 aliphatic heterocycles. The Morgan fingerprint density at radius 2 is 1.84 bits per heavy atom. The lowest BCUT2D eigenvalue weighted by molar-refractivity contribution is 0.0152. The minimum absolute atomic E-state index is 0.162. The Hall–Kier alpha value is -1.51. The molecule has 0 aliphatic carbocycles. The SMILES string of the molecule is CCC(C)N(Cc1ccccc1)C(=O)OC(C)(C)C. The smallest absolute Gasteiger partial charge is 0.410 e. The number of carbonyl (C=O) groups is 1. The van der Waals surface area contributed by atoms with E-state index in [9.17, 15) is 4.79 Å². The Labute approximate surface area is 116 Å². The molecule has 3 heteroatoms. The Morgan fingerprint density at radius 1 is 1.26 bits per heavy atom. The molecule has 3 nitrogen and oxygen atoms in total. The molecule has 1 aromatic carbocycles. The standard InChI is InChI=1S/C16H25NO2/c1-6-13(2)17(15(18)19-16(3,4)5)12-14-10-8-7-9-11-14/h7-11,13H,6,12H2,1-5H3. The predicted molar refractivity (Wildman–Crippen MR) is 78.0 cm³/mol. The van der Waals surface area contributed by atoms with Gasteiger partial charge in [0.25, 0.3) is 0 Å². The summed E-state index contributed by atoms with van der Waals surface area (Å²) >= 11 is 0. The summed E-state index contributed by atoms with van der Waals surface area (Å²) in [4.78, 5) is 14.1. The summed E-state index contributed by atoms with van der Waals surface area (Å²) in [5, 5.41) is 0. The van der Waals surface area contributed by atoms with Crippen molar-refractivity contribution >= 4 is 6.09 Å². The summed E-state index contributed by atoms with van der Waals surface area (Å²) in [5.74, 6) is 0. The van der Waals surface area contributed by atoms with Crippen LogP contribution in [0, 0.1) is 0 Å². The molecule has 19 heavy (non-hydrogen) atoms. The van der Waals surface area contributed by atoms with E-state index in [1.54, 1.807) is 4.90 Å². The Morgan fingerprint density at radius 3 is 2.32 bits per heavy atom. The number of benzene rings is 1. The van der Waals surface area contributed by atoms with E-state index in [2.05, 4.69) is 6.92 Å². The van der Waals surface area contributed by atoms with E-state index in [0.29, 0.717) is 6.54 Å². The fourth-order valence-corrected chi connectivity index (χ4v) is 1.72. The third-order valence-electron chi connectivity index (χ3n) is 2.95. The highest BCUT2D eigenvalue weighted by molar-refractivity contribution is 5.68. The number of carbonyl (C=O) groups excluding carboxylic acids is 1. The fraction of sp³-hybridized carbons (Fsp3) is 0.562. The maximum atomic E-state index is 12.3. The molecule has 1 atom stereocenters. The second-order valence-corrected chi connectivity index (χ2v) is 5.85. The van der Waals surface area contributed by atoms with Crippen molar-refractivity contribution in [2.45, 2.75) is 59.2 Å². The highest BCUT2D eigenvalue weighted by Gasteiger charge is 2.25. The minimum Gasteiger partial charge on any atom is -0.444 e. The molecule has 0 spiro atoms. The second kappa shape index (κ2) is 6.60. The molecule has 1 aromatic rings. The molecule has 1 unspecified atom stereocenters. The third-order valence-corrected chi connectivity index (χ3v) is 2.95. The molecule has 0 saturated heterocycles. The first-order valence-electron chi connectivity index (χ1n) is 6.87. The molecule has 1 rings (SSSR count). The maximum absolute atomic E-state index is 12.3. The summed E-state index contributed by atoms with van der Waals surface area (Å²) in [7, 11) is 0. The van der Waals surface area contributed by atoms with Crippen molar-refractivity contribution in [3.05, 3.63) is 35.9 Å². The monoisotopic (exact) mass is 263 g/mol. The van der Waals surface area contributed by atoms with E-state index in [0.717, 1.165) is 12.0 Å². The predicted octanol–water partition coefficient (Wildman–Crippen LogP) is 4.22. The van der Waals surface area contributed by atoms with Crippen LogP contribution in [-0.4, -0.2) is 22.6 Å². The Bertz CT molecular complexity index is 395. The van der Waals surface area contributed by atoms with Crippen LogP contribution in [0.1, 0.15) is 46.6 Å². The van der Waals surface area contributed by atoms with Gasteiger partial charge in [-0.3, -0.25) is 0 Å². The van der Waals surface area contributed by atoms with Crippen molar-refractivity contribution in [2.24, 2.45) is 0 Å². The largest absolute Gasteiger partial charge is 0.444 e. The van der Waals surface area contributed by atoms with Crippen LogP contribution in [0.15, 0.2) is 30.3 Å². The van der Waals surface area contributed by atoms with Crippen molar-refractivity contribution in [2.75, 3.05) is 0 Å². The van der Waals surface area contributed by atoms with Crippen molar-refractivity contribution < 1.29 is 9.53 Å². The lowest BCUT2D eigenvalue weighted by atomic mass is 10.1. The van der Waals surface area contributed by atoms with Crippen LogP contribution in [0.5, 0.6) is 0 Å². The van der Waals surface area contributed by atoms with Gasteiger partial charge in [0.2, 0.25) is 0 Å². The molecular weight excluding hydrogens is 238 g/mol. The van der Waals surface area contributed by atoms with E-state index < -0.39 is 5.60 Å². The van der Waals surface area contributed by atoms with Crippen molar-refractivity contribution in [3.63, 3.8) is 0 Å². The van der Waals surface area contributed by atoms with Gasteiger partial charge in [-0.1, -0.05) is 37.3 Å². The van der Waals surface area contributed by atoms with Crippen molar-refractivity contribution in [1.82, 2.24) is 4.90 Å². The number of nitrogens with zero attached hydrogens (tertiary/aromatic N) is 1. The van der Waals surface area contributed by atoms with Gasteiger partial charge < -0.3 is 9.64 Å². The summed E-state index contributed by atoms with van der Waals surface area (Å²) in [5.41, 5.74) is 0.660. The van der Waals surface area contributed by atoms with Gasteiger partial charge in [-0.05, 0) is 39.7 Å². The molecule has 0 bridgehead atoms. The quantitative estimate of drug-likeness (QED) is 0.814. The van der Waals surface area contributed by atoms with Crippen LogP contribution < -0.4 is 0 Å². The first-order valence-corrected chi connectivity index (χ1v) is 6.87. The van der Waals surface area contributed by atoms with Gasteiger partial charge in [-0.25, -0.2) is 4.79 Å². The molecular formula is C16H25NO2. The van der Waals surface area contributed by atoms with Crippen LogP contribution in [-0.2, 0) is 11.3 Å². The molecule has 0 heterocycles. The number of hydrogen-bond donors (Lipinski definition) is 0. The van der Waals surface area contributed by atoms with Crippen LogP contribution in [0.3, 0.4) is 0 Å². The molecule has 0 N–H and O–H groups in total. The van der Waals surface area contributed by atoms with Gasteiger partial charge in [0.1, 0.15) is 5.60 Å². The molecule has 0 saturated carbocycles. The highest BCUT2D eigenvalue weighted by atomic mass is 16.6. The van der Waals surface area contributed by atoms with Gasteiger partial charge >= 0.3 is 6.09 Å². The summed E-state index contributed by atoms with van der Waals surface area (Å²) < 4.78 is 5.48. The number of hydrogen-bond acceptors (Lipinski definition) is 2. The van der Waals surface area contributed by atoms with Crippen LogP contribution in [0.2, 0.25) is 0 Å². The molecule has 0 aromatic heterocycles. The van der Waals surface area contributed by atoms with Gasteiger partial charge in [-0.15, -0.1) is 0 Å². The minimum atomic E-state index is -0.459. The molecule has 106 valence electrons. The lowest BCUT2D eigenvalue weighted by Crippen LogP contribution is -2.41. The Balaban J connectivity index is 2.81. The topological polar surface area (TPSA) is 29.5 Å². The van der Waals surface area contributed by atoms with Crippen LogP contribution in [0.25, 0.3) is 0 Å². The molecule has 1 amide bonds. The van der Waals surface area contributed by atoms with Crippen LogP contribution >= 0.6 is 0 Å². The van der Waals surface area contributed by atoms with Gasteiger partial charge in [0, 0.05) is 12.6 Å². The average Bonchev–Trinajstić information content (AvgIpc) is 2.34. The van der Waals surface area contributed by atoms with Crippen molar-refractivity contribution in [3.8, 4) is 0 Å². The first-order chi connectivity index (χ1) is 8.83. The second-order valence-electron chi connectivity index (χ2n) is 5.85. The zero-order chi connectivity index (χ0) is 14.5. The van der Waals surface area contributed by atoms with E-state index in [-0.39, 0.29) is 12.1 Å². The zero-order valence-corrected chi connectivity index (χ0v) is 12.6. The first kappa shape index (κ1) is 15.5. The zero-order valence-electron chi connectivity index (χ0n) is 12.6.